The van der Waals surface area contributed by atoms with E-state index in [2.05, 4.69) is 15.5 Å². The average molecular weight is 429 g/mol. The van der Waals surface area contributed by atoms with Gasteiger partial charge in [0.2, 0.25) is 5.91 Å². The number of imide groups is 1. The summed E-state index contributed by atoms with van der Waals surface area (Å²) in [5.74, 6) is 0.647. The minimum atomic E-state index is -0.803. The highest BCUT2D eigenvalue weighted by Gasteiger charge is 2.39. The Balaban J connectivity index is 1.27. The number of benzene rings is 1. The van der Waals surface area contributed by atoms with Crippen molar-refractivity contribution >= 4 is 17.8 Å². The monoisotopic (exact) mass is 428 g/mol. The number of methoxy groups -OCH3 is 1. The van der Waals surface area contributed by atoms with Crippen molar-refractivity contribution in [1.29, 1.82) is 0 Å². The molecule has 3 atom stereocenters. The topological polar surface area (TPSA) is 91.0 Å². The van der Waals surface area contributed by atoms with Gasteiger partial charge in [-0.25, -0.2) is 4.79 Å². The molecule has 1 aromatic rings. The van der Waals surface area contributed by atoms with Crippen molar-refractivity contribution in [3.05, 3.63) is 29.8 Å². The van der Waals surface area contributed by atoms with Gasteiger partial charge in [0.1, 0.15) is 11.8 Å². The number of fused-ring (bicyclic) bond motifs is 1. The predicted molar refractivity (Wildman–Crippen MR) is 115 cm³/mol. The number of hydrogen-bond donors (Lipinski definition) is 2. The highest BCUT2D eigenvalue weighted by Crippen LogP contribution is 2.30. The molecule has 0 aromatic heterocycles. The zero-order chi connectivity index (χ0) is 21.8. The molecular weight excluding hydrogens is 396 g/mol. The van der Waals surface area contributed by atoms with E-state index >= 15 is 0 Å². The molecule has 3 saturated heterocycles. The maximum atomic E-state index is 12.7. The van der Waals surface area contributed by atoms with Crippen molar-refractivity contribution in [2.75, 3.05) is 26.7 Å². The van der Waals surface area contributed by atoms with Crippen LogP contribution >= 0.6 is 0 Å². The zero-order valence-electron chi connectivity index (χ0n) is 18.1. The first kappa shape index (κ1) is 21.6. The molecule has 8 nitrogen and oxygen atoms in total. The third kappa shape index (κ3) is 5.01. The minimum Gasteiger partial charge on any atom is -0.497 e. The molecule has 3 aliphatic rings. The van der Waals surface area contributed by atoms with Gasteiger partial charge in [0.25, 0.3) is 5.91 Å². The van der Waals surface area contributed by atoms with Crippen LogP contribution in [-0.2, 0) is 16.1 Å². The van der Waals surface area contributed by atoms with E-state index in [0.717, 1.165) is 12.0 Å². The van der Waals surface area contributed by atoms with E-state index in [-0.39, 0.29) is 24.8 Å². The van der Waals surface area contributed by atoms with Crippen LogP contribution in [0.1, 0.15) is 44.1 Å². The minimum absolute atomic E-state index is 0.0230. The number of nitrogens with one attached hydrogen (secondary N) is 2. The number of amides is 4. The van der Waals surface area contributed by atoms with E-state index in [9.17, 15) is 14.4 Å². The number of hydrogen-bond acceptors (Lipinski definition) is 5. The Morgan fingerprint density at radius 2 is 1.90 bits per heavy atom. The molecule has 3 heterocycles. The molecular formula is C23H32N4O4. The molecule has 0 saturated carbocycles. The number of ether oxygens (including phenoxy) is 1. The molecule has 0 spiro atoms. The summed E-state index contributed by atoms with van der Waals surface area (Å²) < 4.78 is 5.13. The maximum absolute atomic E-state index is 12.7. The first-order valence-corrected chi connectivity index (χ1v) is 11.3. The van der Waals surface area contributed by atoms with Crippen LogP contribution in [0.5, 0.6) is 5.75 Å². The van der Waals surface area contributed by atoms with Gasteiger partial charge in [-0.3, -0.25) is 14.5 Å². The van der Waals surface area contributed by atoms with Gasteiger partial charge < -0.3 is 20.3 Å². The second-order valence-corrected chi connectivity index (χ2v) is 8.78. The van der Waals surface area contributed by atoms with Crippen LogP contribution in [0.4, 0.5) is 4.79 Å². The van der Waals surface area contributed by atoms with Gasteiger partial charge in [0, 0.05) is 12.6 Å². The number of nitrogens with zero attached hydrogens (tertiary/aromatic N) is 2. The second kappa shape index (κ2) is 9.68. The van der Waals surface area contributed by atoms with Gasteiger partial charge in [-0.2, -0.15) is 0 Å². The molecule has 8 heteroatoms. The Morgan fingerprint density at radius 1 is 1.13 bits per heavy atom. The van der Waals surface area contributed by atoms with Gasteiger partial charge >= 0.3 is 6.03 Å². The molecule has 0 aliphatic carbocycles. The summed E-state index contributed by atoms with van der Waals surface area (Å²) in [4.78, 5) is 41.3. The van der Waals surface area contributed by atoms with Gasteiger partial charge in [-0.15, -0.1) is 0 Å². The summed E-state index contributed by atoms with van der Waals surface area (Å²) in [6, 6.07) is 6.52. The highest BCUT2D eigenvalue weighted by molar-refractivity contribution is 6.05. The third-order valence-corrected chi connectivity index (χ3v) is 6.79. The predicted octanol–water partition coefficient (Wildman–Crippen LogP) is 1.89. The molecule has 168 valence electrons. The molecule has 4 amide bonds. The van der Waals surface area contributed by atoms with Crippen molar-refractivity contribution in [2.24, 2.45) is 5.92 Å². The number of carbonyl (C=O) groups is 3. The molecule has 3 fully saturated rings. The second-order valence-electron chi connectivity index (χ2n) is 8.78. The molecule has 2 N–H and O–H groups in total. The molecule has 3 aliphatic heterocycles. The van der Waals surface area contributed by atoms with Gasteiger partial charge in [-0.1, -0.05) is 18.6 Å². The summed E-state index contributed by atoms with van der Waals surface area (Å²) >= 11 is 0. The summed E-state index contributed by atoms with van der Waals surface area (Å²) in [7, 11) is 1.58. The van der Waals surface area contributed by atoms with Crippen LogP contribution in [0.25, 0.3) is 0 Å². The third-order valence-electron chi connectivity index (χ3n) is 6.79. The van der Waals surface area contributed by atoms with E-state index in [1.807, 2.05) is 12.1 Å². The van der Waals surface area contributed by atoms with E-state index < -0.39 is 12.1 Å². The van der Waals surface area contributed by atoms with Crippen molar-refractivity contribution in [2.45, 2.75) is 57.2 Å². The fourth-order valence-corrected chi connectivity index (χ4v) is 5.10. The van der Waals surface area contributed by atoms with Gasteiger partial charge in [0.05, 0.1) is 20.1 Å². The Kier molecular flexibility index (Phi) is 6.75. The first-order valence-electron chi connectivity index (χ1n) is 11.3. The number of carbonyl (C=O) groups excluding carboxylic acids is 3. The Bertz CT molecular complexity index is 810. The van der Waals surface area contributed by atoms with Crippen LogP contribution < -0.4 is 15.4 Å². The van der Waals surface area contributed by atoms with E-state index in [4.69, 9.17) is 4.74 Å². The first-order chi connectivity index (χ1) is 15.0. The summed E-state index contributed by atoms with van der Waals surface area (Å²) in [6.45, 7) is 3.15. The summed E-state index contributed by atoms with van der Waals surface area (Å²) in [5.41, 5.74) is 0.823. The molecule has 1 aromatic carbocycles. The van der Waals surface area contributed by atoms with E-state index in [1.54, 1.807) is 19.2 Å². The van der Waals surface area contributed by atoms with E-state index in [1.165, 1.54) is 43.7 Å². The number of urea groups is 1. The normalized spacial score (nSPS) is 26.4. The number of rotatable bonds is 7. The molecule has 0 unspecified atom stereocenters. The maximum Gasteiger partial charge on any atom is 0.325 e. The largest absolute Gasteiger partial charge is 0.497 e. The van der Waals surface area contributed by atoms with E-state index in [0.29, 0.717) is 24.3 Å². The smallest absolute Gasteiger partial charge is 0.325 e. The summed E-state index contributed by atoms with van der Waals surface area (Å²) in [6.07, 6.45) is 6.03. The fraction of sp³-hybridized carbons (Fsp3) is 0.609. The van der Waals surface area contributed by atoms with Crippen LogP contribution in [0.2, 0.25) is 0 Å². The molecule has 0 bridgehead atoms. The lowest BCUT2D eigenvalue weighted by Crippen LogP contribution is -2.51. The standard InChI is InChI=1S/C23H32N4O4/c1-31-18-9-7-16(8-10-18)15-27-22(29)19(25-23(27)30)13-21(28)24-14-17-5-4-12-26-11-3-2-6-20(17)26/h7-10,17,19-20H,2-6,11-15H2,1H3,(H,24,28)(H,25,30)/t17-,19-,20+/m1/s1. The average Bonchev–Trinajstić information content (AvgIpc) is 3.05. The van der Waals surface area contributed by atoms with Crippen molar-refractivity contribution in [3.8, 4) is 5.75 Å². The molecule has 0 radical (unpaired) electrons. The van der Waals surface area contributed by atoms with Crippen LogP contribution in [-0.4, -0.2) is 66.5 Å². The Labute approximate surface area is 183 Å². The fourth-order valence-electron chi connectivity index (χ4n) is 5.10. The Hall–Kier alpha value is -2.61. The lowest BCUT2D eigenvalue weighted by Gasteiger charge is -2.44. The number of piperidine rings is 2. The summed E-state index contributed by atoms with van der Waals surface area (Å²) in [5, 5.41) is 5.68. The molecule has 31 heavy (non-hydrogen) atoms. The van der Waals surface area contributed by atoms with Gasteiger partial charge in [-0.05, 0) is 62.4 Å². The Morgan fingerprint density at radius 3 is 2.68 bits per heavy atom. The quantitative estimate of drug-likeness (QED) is 0.647. The van der Waals surface area contributed by atoms with Crippen LogP contribution in [0, 0.1) is 5.92 Å². The SMILES string of the molecule is COc1ccc(CN2C(=O)N[C@H](CC(=O)NC[C@H]3CCCN4CCCC[C@@H]34)C2=O)cc1. The van der Waals surface area contributed by atoms with Crippen LogP contribution in [0.3, 0.4) is 0 Å². The highest BCUT2D eigenvalue weighted by atomic mass is 16.5. The van der Waals surface area contributed by atoms with Crippen molar-refractivity contribution in [1.82, 2.24) is 20.4 Å². The molecule has 4 rings (SSSR count). The zero-order valence-corrected chi connectivity index (χ0v) is 18.1. The van der Waals surface area contributed by atoms with Crippen LogP contribution in [0.15, 0.2) is 24.3 Å². The lowest BCUT2D eigenvalue weighted by molar-refractivity contribution is -0.131. The van der Waals surface area contributed by atoms with Gasteiger partial charge in [0.15, 0.2) is 0 Å². The van der Waals surface area contributed by atoms with Crippen molar-refractivity contribution in [3.63, 3.8) is 0 Å². The van der Waals surface area contributed by atoms with Crippen molar-refractivity contribution < 1.29 is 19.1 Å². The lowest BCUT2D eigenvalue weighted by atomic mass is 9.83.